The molecule has 0 N–H and O–H groups in total. The summed E-state index contributed by atoms with van der Waals surface area (Å²) >= 11 is 3.45. The van der Waals surface area contributed by atoms with Gasteiger partial charge in [0, 0.05) is 5.33 Å². The van der Waals surface area contributed by atoms with Gasteiger partial charge in [-0.1, -0.05) is 22.0 Å². The molecular weight excluding hydrogens is 240 g/mol. The number of hydrogen-bond acceptors (Lipinski definition) is 1. The summed E-state index contributed by atoms with van der Waals surface area (Å²) in [6.07, 6.45) is 2.33. The van der Waals surface area contributed by atoms with E-state index >= 15 is 0 Å². The zero-order chi connectivity index (χ0) is 10.6. The third-order valence-electron chi connectivity index (χ3n) is 2.65. The quantitative estimate of drug-likeness (QED) is 0.748. The van der Waals surface area contributed by atoms with E-state index in [2.05, 4.69) is 41.9 Å². The number of alkyl halides is 1. The fourth-order valence-electron chi connectivity index (χ4n) is 1.60. The number of rotatable bonds is 4. The van der Waals surface area contributed by atoms with Crippen LogP contribution in [0.1, 0.15) is 23.1 Å². The lowest BCUT2D eigenvalue weighted by Crippen LogP contribution is -1.96. The van der Waals surface area contributed by atoms with E-state index in [-0.39, 0.29) is 0 Å². The summed E-state index contributed by atoms with van der Waals surface area (Å²) in [7, 11) is 1.72. The van der Waals surface area contributed by atoms with Crippen molar-refractivity contribution in [3.8, 4) is 5.75 Å². The fourth-order valence-corrected chi connectivity index (χ4v) is 1.88. The predicted molar refractivity (Wildman–Crippen MR) is 64.6 cm³/mol. The van der Waals surface area contributed by atoms with Gasteiger partial charge in [-0.25, -0.2) is 0 Å². The van der Waals surface area contributed by atoms with E-state index in [1.165, 1.54) is 23.1 Å². The van der Waals surface area contributed by atoms with Crippen LogP contribution in [0.4, 0.5) is 0 Å². The van der Waals surface area contributed by atoms with Crippen molar-refractivity contribution in [1.29, 1.82) is 0 Å². The Morgan fingerprint density at radius 1 is 1.21 bits per heavy atom. The molecule has 0 bridgehead atoms. The molecule has 0 saturated carbocycles. The van der Waals surface area contributed by atoms with Crippen LogP contribution in [-0.4, -0.2) is 12.4 Å². The molecule has 0 aliphatic carbocycles. The monoisotopic (exact) mass is 256 g/mol. The number of ether oxygens (including phenoxy) is 1. The third kappa shape index (κ3) is 2.50. The highest BCUT2D eigenvalue weighted by Crippen LogP contribution is 2.24. The molecule has 0 atom stereocenters. The van der Waals surface area contributed by atoms with Crippen molar-refractivity contribution in [1.82, 2.24) is 0 Å². The summed E-state index contributed by atoms with van der Waals surface area (Å²) in [6, 6.07) is 4.23. The molecule has 1 aromatic rings. The van der Waals surface area contributed by atoms with Crippen LogP contribution in [0.3, 0.4) is 0 Å². The topological polar surface area (TPSA) is 9.23 Å². The van der Waals surface area contributed by atoms with Gasteiger partial charge in [0.25, 0.3) is 0 Å². The minimum absolute atomic E-state index is 0.991. The second-order valence-corrected chi connectivity index (χ2v) is 4.26. The van der Waals surface area contributed by atoms with Crippen LogP contribution in [-0.2, 0) is 6.42 Å². The van der Waals surface area contributed by atoms with E-state index in [1.54, 1.807) is 7.11 Å². The normalized spacial score (nSPS) is 10.3. The van der Waals surface area contributed by atoms with Crippen LogP contribution >= 0.6 is 15.9 Å². The Bertz CT molecular complexity index is 307. The lowest BCUT2D eigenvalue weighted by atomic mass is 9.99. The number of aryl methyl sites for hydroxylation is 1. The van der Waals surface area contributed by atoms with Gasteiger partial charge >= 0.3 is 0 Å². The SMILES string of the molecule is COc1ccc(CCCBr)c(C)c1C. The Morgan fingerprint density at radius 3 is 2.50 bits per heavy atom. The number of methoxy groups -OCH3 is 1. The first kappa shape index (κ1) is 11.6. The molecule has 1 aromatic carbocycles. The second kappa shape index (κ2) is 5.40. The maximum Gasteiger partial charge on any atom is 0.122 e. The van der Waals surface area contributed by atoms with Gasteiger partial charge in [0.15, 0.2) is 0 Å². The van der Waals surface area contributed by atoms with Gasteiger partial charge in [-0.15, -0.1) is 0 Å². The molecule has 2 heteroatoms. The second-order valence-electron chi connectivity index (χ2n) is 3.47. The highest BCUT2D eigenvalue weighted by Gasteiger charge is 2.05. The molecule has 0 aliphatic heterocycles. The molecule has 78 valence electrons. The van der Waals surface area contributed by atoms with Gasteiger partial charge in [0.2, 0.25) is 0 Å². The van der Waals surface area contributed by atoms with Gasteiger partial charge in [-0.2, -0.15) is 0 Å². The van der Waals surface area contributed by atoms with Crippen LogP contribution in [0.5, 0.6) is 5.75 Å². The smallest absolute Gasteiger partial charge is 0.122 e. The van der Waals surface area contributed by atoms with Gasteiger partial charge in [-0.3, -0.25) is 0 Å². The number of hydrogen-bond donors (Lipinski definition) is 0. The van der Waals surface area contributed by atoms with Gasteiger partial charge in [0.1, 0.15) is 5.75 Å². The Morgan fingerprint density at radius 2 is 1.93 bits per heavy atom. The lowest BCUT2D eigenvalue weighted by Gasteiger charge is -2.11. The lowest BCUT2D eigenvalue weighted by molar-refractivity contribution is 0.411. The molecule has 0 amide bonds. The molecule has 0 heterocycles. The van der Waals surface area contributed by atoms with Gasteiger partial charge in [0.05, 0.1) is 7.11 Å². The average molecular weight is 257 g/mol. The summed E-state index contributed by atoms with van der Waals surface area (Å²) in [5, 5.41) is 1.07. The average Bonchev–Trinajstić information content (AvgIpc) is 2.20. The van der Waals surface area contributed by atoms with Crippen LogP contribution in [0.25, 0.3) is 0 Å². The molecule has 1 rings (SSSR count). The van der Waals surface area contributed by atoms with Crippen molar-refractivity contribution in [2.75, 3.05) is 12.4 Å². The van der Waals surface area contributed by atoms with E-state index in [0.717, 1.165) is 17.5 Å². The van der Waals surface area contributed by atoms with Crippen molar-refractivity contribution in [2.45, 2.75) is 26.7 Å². The fraction of sp³-hybridized carbons (Fsp3) is 0.500. The van der Waals surface area contributed by atoms with Crippen LogP contribution in [0.15, 0.2) is 12.1 Å². The maximum atomic E-state index is 5.28. The van der Waals surface area contributed by atoms with E-state index < -0.39 is 0 Å². The Kier molecular flexibility index (Phi) is 4.46. The summed E-state index contributed by atoms with van der Waals surface area (Å²) in [5.74, 6) is 0.991. The summed E-state index contributed by atoms with van der Waals surface area (Å²) in [5.41, 5.74) is 4.06. The summed E-state index contributed by atoms with van der Waals surface area (Å²) in [6.45, 7) is 4.28. The highest BCUT2D eigenvalue weighted by atomic mass is 79.9. The van der Waals surface area contributed by atoms with E-state index in [1.807, 2.05) is 0 Å². The molecule has 0 spiro atoms. The first-order valence-electron chi connectivity index (χ1n) is 4.89. The predicted octanol–water partition coefficient (Wildman–Crippen LogP) is 3.64. The first-order chi connectivity index (χ1) is 6.70. The number of benzene rings is 1. The maximum absolute atomic E-state index is 5.28. The molecule has 0 aromatic heterocycles. The van der Waals surface area contributed by atoms with E-state index in [0.29, 0.717) is 0 Å². The van der Waals surface area contributed by atoms with Crippen LogP contribution < -0.4 is 4.74 Å². The largest absolute Gasteiger partial charge is 0.496 e. The minimum Gasteiger partial charge on any atom is -0.496 e. The third-order valence-corrected chi connectivity index (χ3v) is 3.21. The molecule has 0 saturated heterocycles. The molecule has 0 radical (unpaired) electrons. The van der Waals surface area contributed by atoms with E-state index in [9.17, 15) is 0 Å². The van der Waals surface area contributed by atoms with E-state index in [4.69, 9.17) is 4.74 Å². The Labute approximate surface area is 94.6 Å². The van der Waals surface area contributed by atoms with Crippen molar-refractivity contribution >= 4 is 15.9 Å². The first-order valence-corrected chi connectivity index (χ1v) is 6.02. The standard InChI is InChI=1S/C12H17BrO/c1-9-10(2)12(14-3)7-6-11(9)5-4-8-13/h6-7H,4-5,8H2,1-3H3. The molecule has 0 aliphatic rings. The van der Waals surface area contributed by atoms with Crippen LogP contribution in [0.2, 0.25) is 0 Å². The number of halogens is 1. The van der Waals surface area contributed by atoms with Crippen LogP contribution in [0, 0.1) is 13.8 Å². The van der Waals surface area contributed by atoms with Crippen molar-refractivity contribution in [3.05, 3.63) is 28.8 Å². The molecule has 0 fully saturated rings. The zero-order valence-electron chi connectivity index (χ0n) is 9.06. The molecular formula is C12H17BrO. The summed E-state index contributed by atoms with van der Waals surface area (Å²) < 4.78 is 5.28. The molecule has 0 unspecified atom stereocenters. The zero-order valence-corrected chi connectivity index (χ0v) is 10.6. The molecule has 14 heavy (non-hydrogen) atoms. The van der Waals surface area contributed by atoms with Gasteiger partial charge < -0.3 is 4.74 Å². The molecule has 1 nitrogen and oxygen atoms in total. The minimum atomic E-state index is 0.991. The van der Waals surface area contributed by atoms with Crippen molar-refractivity contribution < 1.29 is 4.74 Å². The van der Waals surface area contributed by atoms with Crippen molar-refractivity contribution in [2.24, 2.45) is 0 Å². The highest BCUT2D eigenvalue weighted by molar-refractivity contribution is 9.09. The Balaban J connectivity index is 2.92. The van der Waals surface area contributed by atoms with Crippen molar-refractivity contribution in [3.63, 3.8) is 0 Å². The Hall–Kier alpha value is -0.500. The van der Waals surface area contributed by atoms with Gasteiger partial charge in [-0.05, 0) is 49.4 Å². The summed E-state index contributed by atoms with van der Waals surface area (Å²) in [4.78, 5) is 0.